The number of allylic oxidation sites excluding steroid dienone is 1. The number of carbonyl (C=O) groups is 1. The first-order valence-electron chi connectivity index (χ1n) is 10.1. The minimum absolute atomic E-state index is 0.0570. The van der Waals surface area contributed by atoms with E-state index < -0.39 is 14.2 Å². The summed E-state index contributed by atoms with van der Waals surface area (Å²) in [5.74, 6) is 3.32. The van der Waals surface area contributed by atoms with Crippen LogP contribution in [0.3, 0.4) is 0 Å². The van der Waals surface area contributed by atoms with Gasteiger partial charge in [-0.1, -0.05) is 39.6 Å². The van der Waals surface area contributed by atoms with Crippen molar-refractivity contribution in [3.05, 3.63) is 12.2 Å². The van der Waals surface area contributed by atoms with Crippen molar-refractivity contribution in [2.75, 3.05) is 20.8 Å². The fourth-order valence-corrected chi connectivity index (χ4v) is 3.47. The Hall–Kier alpha value is -1.13. The number of aliphatic hydroxyl groups is 1. The molecule has 1 N–H and O–H groups in total. The SMILES string of the molecule is CCOC(=O)/C=C/[C@H](C)C[C@H](OC)[C@H](O)[C@H](C[C@@H](C)CC#C[Si](C)(C)C)OC. The third-order valence-corrected chi connectivity index (χ3v) is 5.29. The first-order chi connectivity index (χ1) is 13.0. The van der Waals surface area contributed by atoms with E-state index in [9.17, 15) is 9.90 Å². The molecule has 0 aromatic rings. The third-order valence-electron chi connectivity index (χ3n) is 4.37. The van der Waals surface area contributed by atoms with Gasteiger partial charge in [0.25, 0.3) is 0 Å². The minimum atomic E-state index is -1.36. The second kappa shape index (κ2) is 13.9. The number of hydrogen-bond donors (Lipinski definition) is 1. The molecule has 6 heteroatoms. The summed E-state index contributed by atoms with van der Waals surface area (Å²) in [4.78, 5) is 11.4. The average Bonchev–Trinajstić information content (AvgIpc) is 2.61. The minimum Gasteiger partial charge on any atom is -0.463 e. The molecule has 0 aromatic heterocycles. The highest BCUT2D eigenvalue weighted by molar-refractivity contribution is 6.83. The second-order valence-corrected chi connectivity index (χ2v) is 13.2. The van der Waals surface area contributed by atoms with E-state index in [1.54, 1.807) is 27.2 Å². The van der Waals surface area contributed by atoms with Gasteiger partial charge < -0.3 is 19.3 Å². The van der Waals surface area contributed by atoms with Crippen LogP contribution in [0, 0.1) is 23.3 Å². The maximum Gasteiger partial charge on any atom is 0.330 e. The van der Waals surface area contributed by atoms with Crippen molar-refractivity contribution in [1.29, 1.82) is 0 Å². The maximum atomic E-state index is 11.4. The lowest BCUT2D eigenvalue weighted by atomic mass is 9.91. The Kier molecular flexibility index (Phi) is 13.4. The molecule has 28 heavy (non-hydrogen) atoms. The Labute approximate surface area is 172 Å². The van der Waals surface area contributed by atoms with Gasteiger partial charge in [0.05, 0.1) is 18.8 Å². The van der Waals surface area contributed by atoms with Crippen LogP contribution in [0.2, 0.25) is 19.6 Å². The van der Waals surface area contributed by atoms with Gasteiger partial charge in [-0.15, -0.1) is 11.5 Å². The molecule has 0 aliphatic rings. The number of methoxy groups -OCH3 is 2. The zero-order chi connectivity index (χ0) is 21.7. The van der Waals surface area contributed by atoms with Crippen molar-refractivity contribution < 1.29 is 24.1 Å². The molecule has 5 nitrogen and oxygen atoms in total. The molecule has 0 fully saturated rings. The molecule has 0 unspecified atom stereocenters. The smallest absolute Gasteiger partial charge is 0.330 e. The molecule has 0 saturated carbocycles. The molecular weight excluding hydrogens is 372 g/mol. The molecule has 0 heterocycles. The van der Waals surface area contributed by atoms with Crippen LogP contribution in [-0.4, -0.2) is 58.3 Å². The monoisotopic (exact) mass is 412 g/mol. The standard InChI is InChI=1S/C22H40O5Si/c1-9-27-21(23)13-12-18(3)16-20(26-5)22(24)19(25-4)15-17(2)11-10-14-28(6,7)8/h12-13,17-20,22,24H,9,11,15-16H2,1-8H3/b13-12+/t17-,18-,19-,20-,22+/m0/s1. The molecule has 162 valence electrons. The van der Waals surface area contributed by atoms with Crippen molar-refractivity contribution in [2.45, 2.75) is 78.0 Å². The van der Waals surface area contributed by atoms with Crippen molar-refractivity contribution in [2.24, 2.45) is 11.8 Å². The molecule has 0 rings (SSSR count). The first kappa shape index (κ1) is 26.9. The largest absolute Gasteiger partial charge is 0.463 e. The first-order valence-corrected chi connectivity index (χ1v) is 13.6. The number of carbonyl (C=O) groups excluding carboxylic acids is 1. The lowest BCUT2D eigenvalue weighted by Gasteiger charge is -2.30. The summed E-state index contributed by atoms with van der Waals surface area (Å²) < 4.78 is 16.0. The third kappa shape index (κ3) is 12.3. The van der Waals surface area contributed by atoms with Crippen LogP contribution >= 0.6 is 0 Å². The summed E-state index contributed by atoms with van der Waals surface area (Å²) in [6.07, 6.45) is 3.85. The van der Waals surface area contributed by atoms with E-state index in [2.05, 4.69) is 38.0 Å². The number of hydrogen-bond acceptors (Lipinski definition) is 5. The molecule has 0 amide bonds. The van der Waals surface area contributed by atoms with Gasteiger partial charge in [-0.3, -0.25) is 0 Å². The molecule has 0 aromatic carbocycles. The number of aliphatic hydroxyl groups excluding tert-OH is 1. The van der Waals surface area contributed by atoms with Crippen LogP contribution in [-0.2, 0) is 19.0 Å². The van der Waals surface area contributed by atoms with E-state index in [0.29, 0.717) is 25.4 Å². The highest BCUT2D eigenvalue weighted by atomic mass is 28.3. The van der Waals surface area contributed by atoms with Crippen LogP contribution in [0.1, 0.15) is 40.0 Å². The van der Waals surface area contributed by atoms with Gasteiger partial charge in [-0.05, 0) is 31.6 Å². The van der Waals surface area contributed by atoms with E-state index in [1.165, 1.54) is 6.08 Å². The topological polar surface area (TPSA) is 65.0 Å². The van der Waals surface area contributed by atoms with Gasteiger partial charge in [0.1, 0.15) is 14.2 Å². The Bertz CT molecular complexity index is 529. The Balaban J connectivity index is 4.78. The molecule has 0 aliphatic carbocycles. The zero-order valence-electron chi connectivity index (χ0n) is 19.0. The molecular formula is C22H40O5Si. The van der Waals surface area contributed by atoms with Gasteiger partial charge in [0, 0.05) is 26.7 Å². The molecule has 5 atom stereocenters. The van der Waals surface area contributed by atoms with Crippen molar-refractivity contribution in [3.63, 3.8) is 0 Å². The molecule has 0 spiro atoms. The lowest BCUT2D eigenvalue weighted by molar-refractivity contribution is -0.137. The maximum absolute atomic E-state index is 11.4. The summed E-state index contributed by atoms with van der Waals surface area (Å²) in [7, 11) is 1.85. The van der Waals surface area contributed by atoms with Gasteiger partial charge >= 0.3 is 5.97 Å². The second-order valence-electron chi connectivity index (χ2n) is 8.46. The quantitative estimate of drug-likeness (QED) is 0.228. The summed E-state index contributed by atoms with van der Waals surface area (Å²) in [6, 6.07) is 0. The van der Waals surface area contributed by atoms with Crippen LogP contribution in [0.4, 0.5) is 0 Å². The van der Waals surface area contributed by atoms with Crippen LogP contribution in [0.25, 0.3) is 0 Å². The zero-order valence-corrected chi connectivity index (χ0v) is 20.0. The summed E-state index contributed by atoms with van der Waals surface area (Å²) in [5, 5.41) is 10.8. The Morgan fingerprint density at radius 2 is 1.68 bits per heavy atom. The number of esters is 1. The molecule has 0 radical (unpaired) electrons. The van der Waals surface area contributed by atoms with E-state index in [1.807, 2.05) is 6.92 Å². The summed E-state index contributed by atoms with van der Waals surface area (Å²) in [6.45, 7) is 12.9. The van der Waals surface area contributed by atoms with E-state index in [-0.39, 0.29) is 24.1 Å². The van der Waals surface area contributed by atoms with Crippen LogP contribution < -0.4 is 0 Å². The van der Waals surface area contributed by atoms with Crippen molar-refractivity contribution in [1.82, 2.24) is 0 Å². The Morgan fingerprint density at radius 1 is 1.11 bits per heavy atom. The van der Waals surface area contributed by atoms with Crippen LogP contribution in [0.15, 0.2) is 12.2 Å². The number of ether oxygens (including phenoxy) is 3. The predicted molar refractivity (Wildman–Crippen MR) is 117 cm³/mol. The average molecular weight is 413 g/mol. The molecule has 0 saturated heterocycles. The van der Waals surface area contributed by atoms with Gasteiger partial charge in [0.15, 0.2) is 0 Å². The Morgan fingerprint density at radius 3 is 2.18 bits per heavy atom. The summed E-state index contributed by atoms with van der Waals surface area (Å²) >= 11 is 0. The van der Waals surface area contributed by atoms with E-state index >= 15 is 0 Å². The van der Waals surface area contributed by atoms with E-state index in [4.69, 9.17) is 14.2 Å². The number of rotatable bonds is 12. The fraction of sp³-hybridized carbons (Fsp3) is 0.773. The highest BCUT2D eigenvalue weighted by Crippen LogP contribution is 2.22. The van der Waals surface area contributed by atoms with Gasteiger partial charge in [0.2, 0.25) is 0 Å². The fourth-order valence-electron chi connectivity index (χ4n) is 2.84. The van der Waals surface area contributed by atoms with Gasteiger partial charge in [-0.2, -0.15) is 0 Å². The van der Waals surface area contributed by atoms with Crippen molar-refractivity contribution >= 4 is 14.0 Å². The van der Waals surface area contributed by atoms with E-state index in [0.717, 1.165) is 6.42 Å². The lowest BCUT2D eigenvalue weighted by Crippen LogP contribution is -2.41. The van der Waals surface area contributed by atoms with Crippen molar-refractivity contribution in [3.8, 4) is 11.5 Å². The van der Waals surface area contributed by atoms with Crippen LogP contribution in [0.5, 0.6) is 0 Å². The predicted octanol–water partition coefficient (Wildman–Crippen LogP) is 3.82. The normalized spacial score (nSPS) is 17.3. The highest BCUT2D eigenvalue weighted by Gasteiger charge is 2.29. The molecule has 0 aliphatic heterocycles. The summed E-state index contributed by atoms with van der Waals surface area (Å²) in [5.41, 5.74) is 3.38. The van der Waals surface area contributed by atoms with Gasteiger partial charge in [-0.25, -0.2) is 4.79 Å². The molecule has 0 bridgehead atoms.